The quantitative estimate of drug-likeness (QED) is 0.428. The number of nitrogens with one attached hydrogen (secondary N) is 1. The summed E-state index contributed by atoms with van der Waals surface area (Å²) in [5, 5.41) is 10.4. The number of esters is 1. The first-order valence-electron chi connectivity index (χ1n) is 7.12. The van der Waals surface area contributed by atoms with Crippen LogP contribution >= 0.6 is 0 Å². The molecule has 0 atom stereocenters. The monoisotopic (exact) mass is 313 g/mol. The average molecular weight is 313 g/mol. The van der Waals surface area contributed by atoms with E-state index < -0.39 is 0 Å². The normalized spacial score (nSPS) is 10.7. The topological polar surface area (TPSA) is 86.3 Å². The van der Waals surface area contributed by atoms with Crippen molar-refractivity contribution in [1.82, 2.24) is 15.4 Å². The molecule has 2 aromatic carbocycles. The van der Waals surface area contributed by atoms with Gasteiger partial charge in [0.1, 0.15) is 12.1 Å². The minimum atomic E-state index is -0.360. The SMILES string of the molecule is CCOC(=O)c1ccc(OOCc2ccc3[nH]nnc3c2)cc1. The number of hydrogen-bond donors (Lipinski definition) is 1. The van der Waals surface area contributed by atoms with E-state index in [1.807, 2.05) is 18.2 Å². The lowest BCUT2D eigenvalue weighted by atomic mass is 10.2. The first-order chi connectivity index (χ1) is 11.3. The molecule has 3 rings (SSSR count). The Labute approximate surface area is 132 Å². The summed E-state index contributed by atoms with van der Waals surface area (Å²) in [4.78, 5) is 21.9. The van der Waals surface area contributed by atoms with Crippen LogP contribution in [0.15, 0.2) is 42.5 Å². The van der Waals surface area contributed by atoms with E-state index in [9.17, 15) is 4.79 Å². The van der Waals surface area contributed by atoms with Crippen LogP contribution in [0.4, 0.5) is 0 Å². The Morgan fingerprint density at radius 3 is 2.78 bits per heavy atom. The highest BCUT2D eigenvalue weighted by Gasteiger charge is 2.06. The molecule has 0 fully saturated rings. The summed E-state index contributed by atoms with van der Waals surface area (Å²) in [5.41, 5.74) is 3.01. The molecule has 7 heteroatoms. The van der Waals surface area contributed by atoms with Gasteiger partial charge in [-0.3, -0.25) is 5.10 Å². The van der Waals surface area contributed by atoms with Crippen molar-refractivity contribution >= 4 is 17.0 Å². The third-order valence-electron chi connectivity index (χ3n) is 3.14. The Hall–Kier alpha value is -2.93. The zero-order chi connectivity index (χ0) is 16.1. The van der Waals surface area contributed by atoms with Gasteiger partial charge in [0.2, 0.25) is 0 Å². The molecule has 3 aromatic rings. The van der Waals surface area contributed by atoms with Crippen LogP contribution in [0.3, 0.4) is 0 Å². The Morgan fingerprint density at radius 2 is 2.00 bits per heavy atom. The Kier molecular flexibility index (Phi) is 4.49. The number of carbonyl (C=O) groups is 1. The van der Waals surface area contributed by atoms with Gasteiger partial charge in [-0.2, -0.15) is 4.89 Å². The molecule has 118 valence electrons. The van der Waals surface area contributed by atoms with Crippen LogP contribution in [0.5, 0.6) is 5.75 Å². The summed E-state index contributed by atoms with van der Waals surface area (Å²) in [6.45, 7) is 2.37. The Balaban J connectivity index is 1.54. The number of carbonyl (C=O) groups excluding carboxylic acids is 1. The fourth-order valence-corrected chi connectivity index (χ4v) is 2.00. The molecule has 7 nitrogen and oxygen atoms in total. The summed E-state index contributed by atoms with van der Waals surface area (Å²) in [6, 6.07) is 12.2. The van der Waals surface area contributed by atoms with Gasteiger partial charge in [-0.15, -0.1) is 5.10 Å². The zero-order valence-corrected chi connectivity index (χ0v) is 12.5. The van der Waals surface area contributed by atoms with Crippen LogP contribution in [0.1, 0.15) is 22.8 Å². The lowest BCUT2D eigenvalue weighted by Crippen LogP contribution is -2.04. The minimum absolute atomic E-state index is 0.266. The highest BCUT2D eigenvalue weighted by atomic mass is 17.2. The van der Waals surface area contributed by atoms with Crippen LogP contribution in [0, 0.1) is 0 Å². The molecule has 0 spiro atoms. The summed E-state index contributed by atoms with van der Waals surface area (Å²) < 4.78 is 4.91. The first kappa shape index (κ1) is 15.0. The first-order valence-corrected chi connectivity index (χ1v) is 7.12. The van der Waals surface area contributed by atoms with E-state index in [1.54, 1.807) is 31.2 Å². The molecule has 23 heavy (non-hydrogen) atoms. The maximum absolute atomic E-state index is 11.5. The number of aromatic amines is 1. The molecule has 0 radical (unpaired) electrons. The van der Waals surface area contributed by atoms with E-state index in [1.165, 1.54) is 0 Å². The third kappa shape index (κ3) is 3.64. The van der Waals surface area contributed by atoms with Crippen molar-refractivity contribution in [3.05, 3.63) is 53.6 Å². The fourth-order valence-electron chi connectivity index (χ4n) is 2.00. The van der Waals surface area contributed by atoms with Crippen molar-refractivity contribution in [3.63, 3.8) is 0 Å². The molecular weight excluding hydrogens is 298 g/mol. The average Bonchev–Trinajstić information content (AvgIpc) is 3.03. The van der Waals surface area contributed by atoms with Crippen LogP contribution in [0.25, 0.3) is 11.0 Å². The Morgan fingerprint density at radius 1 is 1.17 bits per heavy atom. The van der Waals surface area contributed by atoms with E-state index in [2.05, 4.69) is 15.4 Å². The van der Waals surface area contributed by atoms with Gasteiger partial charge in [0, 0.05) is 0 Å². The molecule has 0 saturated carbocycles. The van der Waals surface area contributed by atoms with E-state index in [0.29, 0.717) is 17.9 Å². The van der Waals surface area contributed by atoms with Gasteiger partial charge in [-0.25, -0.2) is 4.79 Å². The second kappa shape index (κ2) is 6.89. The standard InChI is InChI=1S/C16H15N3O4/c1-2-21-16(20)12-4-6-13(7-5-12)23-22-10-11-3-8-14-15(9-11)18-19-17-14/h3-9H,2,10H2,1H3,(H,17,18,19). The van der Waals surface area contributed by atoms with Gasteiger partial charge in [-0.1, -0.05) is 11.3 Å². The molecule has 1 aromatic heterocycles. The highest BCUT2D eigenvalue weighted by Crippen LogP contribution is 2.15. The van der Waals surface area contributed by atoms with E-state index in [-0.39, 0.29) is 12.6 Å². The van der Waals surface area contributed by atoms with Crippen molar-refractivity contribution in [2.45, 2.75) is 13.5 Å². The lowest BCUT2D eigenvalue weighted by Gasteiger charge is -2.06. The second-order valence-electron chi connectivity index (χ2n) is 4.75. The predicted molar refractivity (Wildman–Crippen MR) is 81.7 cm³/mol. The maximum Gasteiger partial charge on any atom is 0.338 e. The van der Waals surface area contributed by atoms with Gasteiger partial charge in [0.15, 0.2) is 5.75 Å². The molecule has 1 heterocycles. The van der Waals surface area contributed by atoms with Crippen LogP contribution in [0.2, 0.25) is 0 Å². The fraction of sp³-hybridized carbons (Fsp3) is 0.188. The second-order valence-corrected chi connectivity index (χ2v) is 4.75. The molecule has 0 saturated heterocycles. The third-order valence-corrected chi connectivity index (χ3v) is 3.14. The van der Waals surface area contributed by atoms with Crippen molar-refractivity contribution < 1.29 is 19.3 Å². The molecule has 0 aliphatic carbocycles. The summed E-state index contributed by atoms with van der Waals surface area (Å²) in [6.07, 6.45) is 0. The van der Waals surface area contributed by atoms with Crippen molar-refractivity contribution in [2.24, 2.45) is 0 Å². The van der Waals surface area contributed by atoms with Gasteiger partial charge >= 0.3 is 5.97 Å². The van der Waals surface area contributed by atoms with Crippen LogP contribution in [-0.4, -0.2) is 28.0 Å². The number of rotatable bonds is 6. The number of aromatic nitrogens is 3. The lowest BCUT2D eigenvalue weighted by molar-refractivity contribution is -0.217. The summed E-state index contributed by atoms with van der Waals surface area (Å²) in [7, 11) is 0. The van der Waals surface area contributed by atoms with Gasteiger partial charge in [0.05, 0.1) is 17.7 Å². The predicted octanol–water partition coefficient (Wildman–Crippen LogP) is 2.65. The van der Waals surface area contributed by atoms with Crippen molar-refractivity contribution in [1.29, 1.82) is 0 Å². The van der Waals surface area contributed by atoms with E-state index in [0.717, 1.165) is 16.6 Å². The smallest absolute Gasteiger partial charge is 0.338 e. The van der Waals surface area contributed by atoms with E-state index in [4.69, 9.17) is 14.5 Å². The Bertz CT molecular complexity index is 798. The summed E-state index contributed by atoms with van der Waals surface area (Å²) in [5.74, 6) is 0.140. The largest absolute Gasteiger partial charge is 0.462 e. The van der Waals surface area contributed by atoms with Crippen molar-refractivity contribution in [2.75, 3.05) is 6.61 Å². The van der Waals surface area contributed by atoms with Gasteiger partial charge in [0.25, 0.3) is 0 Å². The van der Waals surface area contributed by atoms with Crippen molar-refractivity contribution in [3.8, 4) is 5.75 Å². The van der Waals surface area contributed by atoms with Crippen LogP contribution < -0.4 is 4.89 Å². The highest BCUT2D eigenvalue weighted by molar-refractivity contribution is 5.89. The number of nitrogens with zero attached hydrogens (tertiary/aromatic N) is 2. The van der Waals surface area contributed by atoms with Gasteiger partial charge in [-0.05, 0) is 48.9 Å². The summed E-state index contributed by atoms with van der Waals surface area (Å²) >= 11 is 0. The zero-order valence-electron chi connectivity index (χ0n) is 12.5. The van der Waals surface area contributed by atoms with Crippen LogP contribution in [-0.2, 0) is 16.2 Å². The molecule has 0 amide bonds. The number of ether oxygens (including phenoxy) is 1. The minimum Gasteiger partial charge on any atom is -0.462 e. The molecular formula is C16H15N3O4. The molecule has 0 bridgehead atoms. The maximum atomic E-state index is 11.5. The number of hydrogen-bond acceptors (Lipinski definition) is 6. The number of fused-ring (bicyclic) bond motifs is 1. The molecule has 1 N–H and O–H groups in total. The van der Waals surface area contributed by atoms with Gasteiger partial charge < -0.3 is 9.62 Å². The molecule has 0 aliphatic heterocycles. The number of benzene rings is 2. The molecule has 0 unspecified atom stereocenters. The number of H-pyrrole nitrogens is 1. The van der Waals surface area contributed by atoms with E-state index >= 15 is 0 Å². The molecule has 0 aliphatic rings.